The van der Waals surface area contributed by atoms with E-state index in [1.165, 1.54) is 6.07 Å². The third-order valence-electron chi connectivity index (χ3n) is 3.00. The second kappa shape index (κ2) is 6.02. The fourth-order valence-electron chi connectivity index (χ4n) is 1.98. The van der Waals surface area contributed by atoms with Gasteiger partial charge in [0, 0.05) is 32.3 Å². The summed E-state index contributed by atoms with van der Waals surface area (Å²) in [4.78, 5) is 10.3. The number of aromatic nitrogens is 2. The van der Waals surface area contributed by atoms with E-state index < -0.39 is 4.92 Å². The molecule has 0 amide bonds. The molecule has 0 radical (unpaired) electrons. The Morgan fingerprint density at radius 2 is 2.20 bits per heavy atom. The molecule has 6 nitrogen and oxygen atoms in total. The van der Waals surface area contributed by atoms with Crippen LogP contribution in [0.2, 0.25) is 5.02 Å². The molecular weight excluding hydrogens is 280 g/mol. The van der Waals surface area contributed by atoms with Gasteiger partial charge in [-0.2, -0.15) is 5.10 Å². The molecule has 1 N–H and O–H groups in total. The van der Waals surface area contributed by atoms with Crippen LogP contribution in [0.1, 0.15) is 17.0 Å². The van der Waals surface area contributed by atoms with Crippen molar-refractivity contribution in [2.75, 3.05) is 0 Å². The molecule has 1 heterocycles. The maximum Gasteiger partial charge on any atom is 0.269 e. The summed E-state index contributed by atoms with van der Waals surface area (Å²) in [7, 11) is 1.84. The van der Waals surface area contributed by atoms with E-state index in [1.807, 2.05) is 20.0 Å². The van der Waals surface area contributed by atoms with Crippen molar-refractivity contribution in [3.05, 3.63) is 56.4 Å². The third kappa shape index (κ3) is 3.15. The summed E-state index contributed by atoms with van der Waals surface area (Å²) in [6, 6.07) is 6.56. The van der Waals surface area contributed by atoms with Gasteiger partial charge in [0.25, 0.3) is 5.69 Å². The number of halogens is 1. The molecule has 2 rings (SSSR count). The van der Waals surface area contributed by atoms with Gasteiger partial charge in [-0.05, 0) is 12.5 Å². The fraction of sp³-hybridized carbons (Fsp3) is 0.308. The number of hydrogen-bond donors (Lipinski definition) is 1. The second-order valence-electron chi connectivity index (χ2n) is 4.50. The average Bonchev–Trinajstić information content (AvgIpc) is 2.65. The maximum atomic E-state index is 10.7. The first kappa shape index (κ1) is 14.5. The highest BCUT2D eigenvalue weighted by Crippen LogP contribution is 2.19. The molecule has 106 valence electrons. The molecule has 2 aromatic rings. The van der Waals surface area contributed by atoms with Gasteiger partial charge in [-0.25, -0.2) is 0 Å². The smallest absolute Gasteiger partial charge is 0.269 e. The standard InChI is InChI=1S/C13H15ClN4O2/c1-9-13(14)12(17(2)16-9)8-15-7-10-4-3-5-11(6-10)18(19)20/h3-6,15H,7-8H2,1-2H3. The normalized spacial score (nSPS) is 10.8. The number of hydrogen-bond acceptors (Lipinski definition) is 4. The van der Waals surface area contributed by atoms with Gasteiger partial charge in [-0.3, -0.25) is 14.8 Å². The quantitative estimate of drug-likeness (QED) is 0.679. The molecule has 0 spiro atoms. The SMILES string of the molecule is Cc1nn(C)c(CNCc2cccc([N+](=O)[O-])c2)c1Cl. The monoisotopic (exact) mass is 294 g/mol. The van der Waals surface area contributed by atoms with Crippen molar-refractivity contribution in [2.45, 2.75) is 20.0 Å². The topological polar surface area (TPSA) is 73.0 Å². The van der Waals surface area contributed by atoms with Crippen LogP contribution < -0.4 is 5.32 Å². The van der Waals surface area contributed by atoms with E-state index in [-0.39, 0.29) is 5.69 Å². The number of nitrogens with zero attached hydrogens (tertiary/aromatic N) is 3. The Morgan fingerprint density at radius 1 is 1.45 bits per heavy atom. The molecule has 1 aromatic carbocycles. The molecule has 0 unspecified atom stereocenters. The van der Waals surface area contributed by atoms with Crippen molar-refractivity contribution in [3.8, 4) is 0 Å². The lowest BCUT2D eigenvalue weighted by Gasteiger charge is -2.06. The zero-order valence-corrected chi connectivity index (χ0v) is 12.0. The molecule has 0 aliphatic carbocycles. The number of nitro benzene ring substituents is 1. The Balaban J connectivity index is 1.99. The number of nitrogens with one attached hydrogen (secondary N) is 1. The van der Waals surface area contributed by atoms with Crippen molar-refractivity contribution >= 4 is 17.3 Å². The van der Waals surface area contributed by atoms with Crippen LogP contribution in [0.5, 0.6) is 0 Å². The van der Waals surface area contributed by atoms with Gasteiger partial charge >= 0.3 is 0 Å². The summed E-state index contributed by atoms with van der Waals surface area (Å²) in [6.07, 6.45) is 0. The van der Waals surface area contributed by atoms with E-state index in [2.05, 4.69) is 10.4 Å². The van der Waals surface area contributed by atoms with E-state index in [0.717, 1.165) is 17.0 Å². The van der Waals surface area contributed by atoms with Gasteiger partial charge < -0.3 is 5.32 Å². The lowest BCUT2D eigenvalue weighted by Crippen LogP contribution is -2.15. The molecule has 1 aromatic heterocycles. The summed E-state index contributed by atoms with van der Waals surface area (Å²) in [5, 5.41) is 18.8. The largest absolute Gasteiger partial charge is 0.307 e. The summed E-state index contributed by atoms with van der Waals surface area (Å²) in [5.74, 6) is 0. The molecule has 0 bridgehead atoms. The molecule has 0 saturated heterocycles. The highest BCUT2D eigenvalue weighted by molar-refractivity contribution is 6.31. The second-order valence-corrected chi connectivity index (χ2v) is 4.88. The van der Waals surface area contributed by atoms with Crippen LogP contribution in [-0.4, -0.2) is 14.7 Å². The van der Waals surface area contributed by atoms with Crippen LogP contribution in [0.3, 0.4) is 0 Å². The Morgan fingerprint density at radius 3 is 2.80 bits per heavy atom. The molecule has 0 fully saturated rings. The highest BCUT2D eigenvalue weighted by Gasteiger charge is 2.10. The van der Waals surface area contributed by atoms with E-state index >= 15 is 0 Å². The molecule has 0 aliphatic rings. The number of benzene rings is 1. The number of nitro groups is 1. The molecule has 7 heteroatoms. The first-order valence-corrected chi connectivity index (χ1v) is 6.49. The van der Waals surface area contributed by atoms with Crippen molar-refractivity contribution < 1.29 is 4.92 Å². The van der Waals surface area contributed by atoms with E-state index in [4.69, 9.17) is 11.6 Å². The van der Waals surface area contributed by atoms with Gasteiger partial charge in [0.05, 0.1) is 21.3 Å². The first-order chi connectivity index (χ1) is 9.49. The molecule has 0 saturated carbocycles. The molecule has 0 aliphatic heterocycles. The Bertz CT molecular complexity index is 639. The first-order valence-electron chi connectivity index (χ1n) is 6.11. The van der Waals surface area contributed by atoms with Crippen molar-refractivity contribution in [3.63, 3.8) is 0 Å². The van der Waals surface area contributed by atoms with Gasteiger partial charge in [0.1, 0.15) is 0 Å². The fourth-order valence-corrected chi connectivity index (χ4v) is 2.20. The van der Waals surface area contributed by atoms with Gasteiger partial charge in [-0.1, -0.05) is 23.7 Å². The summed E-state index contributed by atoms with van der Waals surface area (Å²) in [5.41, 5.74) is 2.64. The number of rotatable bonds is 5. The lowest BCUT2D eigenvalue weighted by molar-refractivity contribution is -0.384. The molecule has 0 atom stereocenters. The summed E-state index contributed by atoms with van der Waals surface area (Å²) < 4.78 is 1.73. The van der Waals surface area contributed by atoms with Crippen LogP contribution >= 0.6 is 11.6 Å². The lowest BCUT2D eigenvalue weighted by atomic mass is 10.2. The Labute approximate surface area is 121 Å². The predicted octanol–water partition coefficient (Wildman–Crippen LogP) is 2.58. The van der Waals surface area contributed by atoms with Crippen LogP contribution in [0.4, 0.5) is 5.69 Å². The number of non-ortho nitro benzene ring substituents is 1. The van der Waals surface area contributed by atoms with Crippen LogP contribution in [-0.2, 0) is 20.1 Å². The summed E-state index contributed by atoms with van der Waals surface area (Å²) >= 11 is 6.15. The zero-order valence-electron chi connectivity index (χ0n) is 11.3. The van der Waals surface area contributed by atoms with Crippen LogP contribution in [0.25, 0.3) is 0 Å². The third-order valence-corrected chi connectivity index (χ3v) is 3.50. The minimum Gasteiger partial charge on any atom is -0.307 e. The minimum atomic E-state index is -0.398. The Hall–Kier alpha value is -1.92. The molecule has 20 heavy (non-hydrogen) atoms. The van der Waals surface area contributed by atoms with Crippen LogP contribution in [0, 0.1) is 17.0 Å². The van der Waals surface area contributed by atoms with Crippen molar-refractivity contribution in [1.82, 2.24) is 15.1 Å². The summed E-state index contributed by atoms with van der Waals surface area (Å²) in [6.45, 7) is 2.94. The van der Waals surface area contributed by atoms with Gasteiger partial charge in [0.2, 0.25) is 0 Å². The highest BCUT2D eigenvalue weighted by atomic mass is 35.5. The van der Waals surface area contributed by atoms with Crippen molar-refractivity contribution in [1.29, 1.82) is 0 Å². The van der Waals surface area contributed by atoms with E-state index in [0.29, 0.717) is 18.1 Å². The maximum absolute atomic E-state index is 10.7. The zero-order chi connectivity index (χ0) is 14.7. The van der Waals surface area contributed by atoms with Gasteiger partial charge in [0.15, 0.2) is 0 Å². The predicted molar refractivity (Wildman–Crippen MR) is 76.6 cm³/mol. The minimum absolute atomic E-state index is 0.0960. The van der Waals surface area contributed by atoms with Crippen molar-refractivity contribution in [2.24, 2.45) is 7.05 Å². The van der Waals surface area contributed by atoms with E-state index in [9.17, 15) is 10.1 Å². The van der Waals surface area contributed by atoms with E-state index in [1.54, 1.807) is 16.8 Å². The Kier molecular flexibility index (Phi) is 4.36. The molecular formula is C13H15ClN4O2. The van der Waals surface area contributed by atoms with Crippen LogP contribution in [0.15, 0.2) is 24.3 Å². The average molecular weight is 295 g/mol. The number of aryl methyl sites for hydroxylation is 2. The van der Waals surface area contributed by atoms with Gasteiger partial charge in [-0.15, -0.1) is 0 Å².